The van der Waals surface area contributed by atoms with Crippen molar-refractivity contribution >= 4 is 5.70 Å². The minimum atomic E-state index is -0.324. The topological polar surface area (TPSA) is 37.0 Å². The number of para-hydroxylation sites is 1. The minimum Gasteiger partial charge on any atom is -0.497 e. The first kappa shape index (κ1) is 18.5. The number of benzene rings is 2. The Balaban J connectivity index is 1.49. The van der Waals surface area contributed by atoms with Gasteiger partial charge >= 0.3 is 0 Å². The van der Waals surface area contributed by atoms with E-state index in [1.165, 1.54) is 5.56 Å². The second-order valence-electron chi connectivity index (χ2n) is 8.45. The molecule has 29 heavy (non-hydrogen) atoms. The summed E-state index contributed by atoms with van der Waals surface area (Å²) in [4.78, 5) is 2.54. The third-order valence-corrected chi connectivity index (χ3v) is 6.53. The van der Waals surface area contributed by atoms with Crippen molar-refractivity contribution in [2.45, 2.75) is 44.5 Å². The lowest BCUT2D eigenvalue weighted by molar-refractivity contribution is -0.161. The van der Waals surface area contributed by atoms with Crippen LogP contribution in [0, 0.1) is 0 Å². The predicted octanol–water partition coefficient (Wildman–Crippen LogP) is 4.19. The molecule has 1 N–H and O–H groups in total. The quantitative estimate of drug-likeness (QED) is 0.849. The van der Waals surface area contributed by atoms with Gasteiger partial charge in [0, 0.05) is 37.5 Å². The molecule has 2 aromatic rings. The van der Waals surface area contributed by atoms with E-state index < -0.39 is 0 Å². The van der Waals surface area contributed by atoms with E-state index in [0.717, 1.165) is 48.7 Å². The van der Waals surface area contributed by atoms with Crippen LogP contribution in [0.15, 0.2) is 54.6 Å². The number of likely N-dealkylation sites (tertiary alicyclic amines) is 1. The second-order valence-corrected chi connectivity index (χ2v) is 8.45. The van der Waals surface area contributed by atoms with Crippen LogP contribution in [0.4, 0.5) is 0 Å². The molecule has 1 fully saturated rings. The lowest BCUT2D eigenvalue weighted by Gasteiger charge is -2.52. The Morgan fingerprint density at radius 1 is 1.07 bits per heavy atom. The van der Waals surface area contributed by atoms with Gasteiger partial charge < -0.3 is 19.8 Å². The Bertz CT molecular complexity index is 914. The fraction of sp³-hybridized carbons (Fsp3) is 0.417. The molecule has 3 aliphatic heterocycles. The summed E-state index contributed by atoms with van der Waals surface area (Å²) >= 11 is 0. The molecule has 152 valence electrons. The third kappa shape index (κ3) is 3.09. The van der Waals surface area contributed by atoms with Gasteiger partial charge in [-0.05, 0) is 55.8 Å². The standard InChI is InChI=1S/C24H29N3O2/c1-17(2)26-14-12-24(13-15-26)27-22(20-6-4-5-7-23(20)29-24)16-21(25-27)18-8-10-19(28-3)11-9-18/h4-11,16-17,22,25H,12-15H2,1-3H3/t22-/m1/s1. The second kappa shape index (κ2) is 7.08. The molecular weight excluding hydrogens is 362 g/mol. The highest BCUT2D eigenvalue weighted by Crippen LogP contribution is 2.48. The van der Waals surface area contributed by atoms with Gasteiger partial charge in [0.25, 0.3) is 0 Å². The van der Waals surface area contributed by atoms with E-state index in [9.17, 15) is 0 Å². The summed E-state index contributed by atoms with van der Waals surface area (Å²) in [5.41, 5.74) is 6.89. The third-order valence-electron chi connectivity index (χ3n) is 6.53. The number of ether oxygens (including phenoxy) is 2. The Hall–Kier alpha value is -2.50. The first-order chi connectivity index (χ1) is 14.1. The summed E-state index contributed by atoms with van der Waals surface area (Å²) in [6, 6.07) is 17.4. The Labute approximate surface area is 172 Å². The van der Waals surface area contributed by atoms with Crippen molar-refractivity contribution in [1.82, 2.24) is 15.3 Å². The zero-order chi connectivity index (χ0) is 20.0. The Morgan fingerprint density at radius 2 is 1.79 bits per heavy atom. The van der Waals surface area contributed by atoms with Gasteiger partial charge in [-0.2, -0.15) is 5.01 Å². The van der Waals surface area contributed by atoms with Crippen LogP contribution >= 0.6 is 0 Å². The Morgan fingerprint density at radius 3 is 2.48 bits per heavy atom. The molecule has 5 heteroatoms. The average molecular weight is 392 g/mol. The molecule has 0 unspecified atom stereocenters. The van der Waals surface area contributed by atoms with E-state index in [4.69, 9.17) is 9.47 Å². The fourth-order valence-electron chi connectivity index (χ4n) is 4.79. The zero-order valence-corrected chi connectivity index (χ0v) is 17.4. The van der Waals surface area contributed by atoms with Crippen LogP contribution < -0.4 is 14.9 Å². The van der Waals surface area contributed by atoms with Crippen LogP contribution in [0.5, 0.6) is 11.5 Å². The van der Waals surface area contributed by atoms with Crippen LogP contribution in [-0.2, 0) is 0 Å². The zero-order valence-electron chi connectivity index (χ0n) is 17.4. The number of fused-ring (bicyclic) bond motifs is 4. The molecule has 0 amide bonds. The van der Waals surface area contributed by atoms with Crippen molar-refractivity contribution in [2.75, 3.05) is 20.2 Å². The molecular formula is C24H29N3O2. The summed E-state index contributed by atoms with van der Waals surface area (Å²) in [5, 5.41) is 2.35. The van der Waals surface area contributed by atoms with Gasteiger partial charge in [-0.25, -0.2) is 0 Å². The van der Waals surface area contributed by atoms with E-state index in [1.807, 2.05) is 12.1 Å². The predicted molar refractivity (Wildman–Crippen MR) is 114 cm³/mol. The van der Waals surface area contributed by atoms with Crippen molar-refractivity contribution < 1.29 is 9.47 Å². The number of nitrogens with one attached hydrogen (secondary N) is 1. The number of hydrogen-bond donors (Lipinski definition) is 1. The number of rotatable bonds is 3. The van der Waals surface area contributed by atoms with Gasteiger partial charge in [0.2, 0.25) is 0 Å². The smallest absolute Gasteiger partial charge is 0.182 e. The van der Waals surface area contributed by atoms with Crippen molar-refractivity contribution in [3.8, 4) is 11.5 Å². The molecule has 1 saturated heterocycles. The van der Waals surface area contributed by atoms with Gasteiger partial charge in [0.15, 0.2) is 5.72 Å². The number of hydrazine groups is 1. The molecule has 5 rings (SSSR count). The number of hydrogen-bond acceptors (Lipinski definition) is 5. The summed E-state index contributed by atoms with van der Waals surface area (Å²) in [5.74, 6) is 1.89. The minimum absolute atomic E-state index is 0.169. The highest BCUT2D eigenvalue weighted by Gasteiger charge is 2.51. The monoisotopic (exact) mass is 391 g/mol. The van der Waals surface area contributed by atoms with Gasteiger partial charge in [-0.3, -0.25) is 0 Å². The highest BCUT2D eigenvalue weighted by atomic mass is 16.5. The highest BCUT2D eigenvalue weighted by molar-refractivity contribution is 5.68. The molecule has 1 spiro atoms. The molecule has 3 aliphatic rings. The maximum atomic E-state index is 6.71. The van der Waals surface area contributed by atoms with E-state index in [0.29, 0.717) is 6.04 Å². The van der Waals surface area contributed by atoms with Gasteiger partial charge in [-0.1, -0.05) is 18.2 Å². The molecule has 0 saturated carbocycles. The van der Waals surface area contributed by atoms with Crippen molar-refractivity contribution in [3.63, 3.8) is 0 Å². The van der Waals surface area contributed by atoms with Gasteiger partial charge in [-0.15, -0.1) is 0 Å². The van der Waals surface area contributed by atoms with Crippen molar-refractivity contribution in [3.05, 3.63) is 65.7 Å². The average Bonchev–Trinajstić information content (AvgIpc) is 3.21. The number of piperidine rings is 1. The molecule has 0 bridgehead atoms. The SMILES string of the molecule is COc1ccc(C2=C[C@@H]3c4ccccc4OC4(CCN(C(C)C)CC4)N3N2)cc1. The lowest BCUT2D eigenvalue weighted by Crippen LogP contribution is -2.64. The van der Waals surface area contributed by atoms with Gasteiger partial charge in [0.05, 0.1) is 18.8 Å². The first-order valence-electron chi connectivity index (χ1n) is 10.5. The van der Waals surface area contributed by atoms with Crippen LogP contribution in [0.25, 0.3) is 5.70 Å². The Kier molecular flexibility index (Phi) is 4.52. The van der Waals surface area contributed by atoms with Crippen LogP contribution in [0.3, 0.4) is 0 Å². The number of nitrogens with zero attached hydrogens (tertiary/aromatic N) is 2. The van der Waals surface area contributed by atoms with Crippen molar-refractivity contribution in [2.24, 2.45) is 0 Å². The summed E-state index contributed by atoms with van der Waals surface area (Å²) in [6.45, 7) is 6.63. The normalized spacial score (nSPS) is 23.2. The molecule has 0 radical (unpaired) electrons. The van der Waals surface area contributed by atoms with Crippen LogP contribution in [0.1, 0.15) is 43.9 Å². The van der Waals surface area contributed by atoms with E-state index >= 15 is 0 Å². The molecule has 0 aromatic heterocycles. The lowest BCUT2D eigenvalue weighted by atomic mass is 9.92. The van der Waals surface area contributed by atoms with Crippen LogP contribution in [-0.4, -0.2) is 41.9 Å². The van der Waals surface area contributed by atoms with Crippen LogP contribution in [0.2, 0.25) is 0 Å². The summed E-state index contributed by atoms with van der Waals surface area (Å²) in [7, 11) is 1.70. The number of methoxy groups -OCH3 is 1. The summed E-state index contributed by atoms with van der Waals surface area (Å²) < 4.78 is 12.0. The van der Waals surface area contributed by atoms with Crippen molar-refractivity contribution in [1.29, 1.82) is 0 Å². The molecule has 3 heterocycles. The largest absolute Gasteiger partial charge is 0.497 e. The maximum Gasteiger partial charge on any atom is 0.182 e. The molecule has 2 aromatic carbocycles. The maximum absolute atomic E-state index is 6.71. The molecule has 5 nitrogen and oxygen atoms in total. The van der Waals surface area contributed by atoms with E-state index in [1.54, 1.807) is 7.11 Å². The fourth-order valence-corrected chi connectivity index (χ4v) is 4.79. The van der Waals surface area contributed by atoms with E-state index in [2.05, 4.69) is 71.7 Å². The summed E-state index contributed by atoms with van der Waals surface area (Å²) in [6.07, 6.45) is 4.29. The molecule has 1 atom stereocenters. The first-order valence-corrected chi connectivity index (χ1v) is 10.5. The molecule has 0 aliphatic carbocycles. The van der Waals surface area contributed by atoms with Gasteiger partial charge in [0.1, 0.15) is 11.5 Å². The van der Waals surface area contributed by atoms with E-state index in [-0.39, 0.29) is 11.8 Å².